The first-order valence-electron chi connectivity index (χ1n) is 4.05. The first-order valence-corrected chi connectivity index (χ1v) is 7.69. The Bertz CT molecular complexity index is 267. The van der Waals surface area contributed by atoms with Crippen LogP contribution in [0.15, 0.2) is 0 Å². The van der Waals surface area contributed by atoms with Gasteiger partial charge in [0.25, 0.3) is 0 Å². The maximum Gasteiger partial charge on any atom is 0.353 e. The van der Waals surface area contributed by atoms with Crippen LogP contribution in [0.25, 0.3) is 0 Å². The summed E-state index contributed by atoms with van der Waals surface area (Å²) in [6, 6.07) is 1.99. The zero-order valence-electron chi connectivity index (χ0n) is 8.17. The third-order valence-corrected chi connectivity index (χ3v) is 6.57. The quantitative estimate of drug-likeness (QED) is 0.394. The van der Waals surface area contributed by atoms with Crippen molar-refractivity contribution in [2.45, 2.75) is 13.3 Å². The van der Waals surface area contributed by atoms with E-state index in [0.717, 1.165) is 11.4 Å². The lowest BCUT2D eigenvalue weighted by molar-refractivity contribution is 0.325. The Morgan fingerprint density at radius 2 is 2.43 bits per heavy atom. The number of nitrogens with zero attached hydrogens (tertiary/aromatic N) is 2. The van der Waals surface area contributed by atoms with Crippen LogP contribution in [0.4, 0.5) is 0 Å². The summed E-state index contributed by atoms with van der Waals surface area (Å²) in [6.07, 6.45) is 0.354. The van der Waals surface area contributed by atoms with Gasteiger partial charge in [-0.25, -0.2) is 0 Å². The number of hydrogen-bond acceptors (Lipinski definition) is 5. The molecule has 0 heterocycles. The van der Waals surface area contributed by atoms with Gasteiger partial charge in [-0.1, -0.05) is 12.2 Å². The molecule has 1 atom stereocenters. The van der Waals surface area contributed by atoms with Gasteiger partial charge in [0.15, 0.2) is 0 Å². The maximum atomic E-state index is 12.1. The number of rotatable bonds is 7. The van der Waals surface area contributed by atoms with Crippen molar-refractivity contribution in [3.05, 3.63) is 0 Å². The number of nitriles is 1. The molecule has 0 radical (unpaired) electrons. The van der Waals surface area contributed by atoms with Gasteiger partial charge in [-0.15, -0.1) is 0 Å². The molecule has 0 rings (SSSR count). The van der Waals surface area contributed by atoms with Crippen molar-refractivity contribution in [2.75, 3.05) is 19.4 Å². The highest BCUT2D eigenvalue weighted by Gasteiger charge is 2.27. The minimum Gasteiger partial charge on any atom is -0.306 e. The molecule has 0 N–H and O–H groups in total. The van der Waals surface area contributed by atoms with Crippen molar-refractivity contribution in [2.24, 2.45) is 0 Å². The molecule has 80 valence electrons. The summed E-state index contributed by atoms with van der Waals surface area (Å²) in [5.74, 6) is 0.487. The standard InChI is InChI=1S/C7H13N2O2PS2/c1-3-11-12(10,9(2)7-13)14-6-4-5-8/h7H,3-4,6H2,1-2H3. The fourth-order valence-electron chi connectivity index (χ4n) is 0.647. The summed E-state index contributed by atoms with van der Waals surface area (Å²) >= 11 is 5.83. The van der Waals surface area contributed by atoms with Crippen LogP contribution in [0.5, 0.6) is 0 Å². The molecule has 0 bridgehead atoms. The Balaban J connectivity index is 4.32. The van der Waals surface area contributed by atoms with Gasteiger partial charge in [0.1, 0.15) is 0 Å². The second-order valence-corrected chi connectivity index (χ2v) is 7.17. The van der Waals surface area contributed by atoms with Crippen molar-refractivity contribution in [3.63, 3.8) is 0 Å². The molecular formula is C7H13N2O2PS2. The Hall–Kier alpha value is -0.0800. The molecule has 14 heavy (non-hydrogen) atoms. The third kappa shape index (κ3) is 4.43. The lowest BCUT2D eigenvalue weighted by Crippen LogP contribution is -2.11. The van der Waals surface area contributed by atoms with Crippen LogP contribution in [-0.4, -0.2) is 29.6 Å². The van der Waals surface area contributed by atoms with Crippen LogP contribution >= 0.6 is 30.3 Å². The minimum atomic E-state index is -2.90. The summed E-state index contributed by atoms with van der Waals surface area (Å²) in [6.45, 7) is -0.763. The molecule has 0 aliphatic heterocycles. The second-order valence-electron chi connectivity index (χ2n) is 2.31. The Kier molecular flexibility index (Phi) is 7.20. The van der Waals surface area contributed by atoms with Crippen LogP contribution in [-0.2, 0) is 9.09 Å². The predicted octanol–water partition coefficient (Wildman–Crippen LogP) is 2.67. The lowest BCUT2D eigenvalue weighted by Gasteiger charge is -2.23. The molecule has 0 amide bonds. The smallest absolute Gasteiger partial charge is 0.306 e. The van der Waals surface area contributed by atoms with Gasteiger partial charge in [-0.05, 0) is 18.3 Å². The molecule has 0 aromatic heterocycles. The average molecular weight is 252 g/mol. The molecule has 0 aromatic rings. The van der Waals surface area contributed by atoms with Crippen molar-refractivity contribution in [1.29, 1.82) is 5.26 Å². The van der Waals surface area contributed by atoms with E-state index in [9.17, 15) is 4.57 Å². The monoisotopic (exact) mass is 252 g/mol. The minimum absolute atomic E-state index is 0.354. The van der Waals surface area contributed by atoms with Gasteiger partial charge in [-0.2, -0.15) is 5.26 Å². The zero-order chi connectivity index (χ0) is 11.0. The predicted molar refractivity (Wildman–Crippen MR) is 63.3 cm³/mol. The van der Waals surface area contributed by atoms with E-state index in [0.29, 0.717) is 18.8 Å². The molecule has 0 aliphatic carbocycles. The van der Waals surface area contributed by atoms with E-state index < -0.39 is 6.72 Å². The van der Waals surface area contributed by atoms with E-state index in [1.165, 1.54) is 10.2 Å². The fourth-order valence-corrected chi connectivity index (χ4v) is 4.69. The molecule has 0 aromatic carbocycles. The average Bonchev–Trinajstić information content (AvgIpc) is 2.17. The van der Waals surface area contributed by atoms with Gasteiger partial charge in [-0.3, -0.25) is 9.24 Å². The largest absolute Gasteiger partial charge is 0.353 e. The van der Waals surface area contributed by atoms with Crippen LogP contribution in [0, 0.1) is 11.3 Å². The van der Waals surface area contributed by atoms with E-state index in [1.54, 1.807) is 14.0 Å². The van der Waals surface area contributed by atoms with E-state index in [2.05, 4.69) is 12.2 Å². The van der Waals surface area contributed by atoms with Gasteiger partial charge < -0.3 is 4.52 Å². The van der Waals surface area contributed by atoms with Crippen molar-refractivity contribution >= 4 is 35.8 Å². The van der Waals surface area contributed by atoms with E-state index in [1.807, 2.05) is 6.07 Å². The highest BCUT2D eigenvalue weighted by molar-refractivity contribution is 8.56. The van der Waals surface area contributed by atoms with E-state index in [-0.39, 0.29) is 0 Å². The number of thiocarbonyl (C=S) groups is 1. The van der Waals surface area contributed by atoms with Crippen LogP contribution < -0.4 is 0 Å². The molecule has 0 saturated heterocycles. The van der Waals surface area contributed by atoms with E-state index in [4.69, 9.17) is 9.79 Å². The van der Waals surface area contributed by atoms with E-state index >= 15 is 0 Å². The lowest BCUT2D eigenvalue weighted by atomic mass is 10.6. The van der Waals surface area contributed by atoms with Crippen molar-refractivity contribution in [1.82, 2.24) is 4.67 Å². The molecular weight excluding hydrogens is 239 g/mol. The Morgan fingerprint density at radius 3 is 2.86 bits per heavy atom. The fraction of sp³-hybridized carbons (Fsp3) is 0.714. The second kappa shape index (κ2) is 7.24. The molecule has 0 fully saturated rings. The Labute approximate surface area is 93.9 Å². The van der Waals surface area contributed by atoms with Gasteiger partial charge in [0.05, 0.1) is 18.2 Å². The van der Waals surface area contributed by atoms with Crippen LogP contribution in [0.2, 0.25) is 0 Å². The molecule has 7 heteroatoms. The van der Waals surface area contributed by atoms with Crippen LogP contribution in [0.1, 0.15) is 13.3 Å². The maximum absolute atomic E-state index is 12.1. The molecule has 0 aliphatic rings. The van der Waals surface area contributed by atoms with Gasteiger partial charge in [0, 0.05) is 19.2 Å². The molecule has 4 nitrogen and oxygen atoms in total. The highest BCUT2D eigenvalue weighted by Crippen LogP contribution is 2.61. The summed E-state index contributed by atoms with van der Waals surface area (Å²) in [5.41, 5.74) is 1.30. The summed E-state index contributed by atoms with van der Waals surface area (Å²) in [7, 11) is 1.61. The van der Waals surface area contributed by atoms with Crippen LogP contribution in [0.3, 0.4) is 0 Å². The van der Waals surface area contributed by atoms with Crippen molar-refractivity contribution in [3.8, 4) is 6.07 Å². The van der Waals surface area contributed by atoms with Crippen molar-refractivity contribution < 1.29 is 9.09 Å². The highest BCUT2D eigenvalue weighted by atomic mass is 32.7. The first-order chi connectivity index (χ1) is 6.60. The zero-order valence-corrected chi connectivity index (χ0v) is 10.7. The molecule has 0 spiro atoms. The van der Waals surface area contributed by atoms with Gasteiger partial charge >= 0.3 is 6.72 Å². The summed E-state index contributed by atoms with van der Waals surface area (Å²) < 4.78 is 18.6. The summed E-state index contributed by atoms with van der Waals surface area (Å²) in [4.78, 5) is 0. The van der Waals surface area contributed by atoms with Gasteiger partial charge in [0.2, 0.25) is 0 Å². The normalized spacial score (nSPS) is 14.1. The SMILES string of the molecule is CCOP(=O)(SCCC#N)N(C)C=S. The number of hydrogen-bond donors (Lipinski definition) is 0. The Morgan fingerprint density at radius 1 is 1.79 bits per heavy atom. The topological polar surface area (TPSA) is 53.3 Å². The third-order valence-electron chi connectivity index (χ3n) is 1.30. The summed E-state index contributed by atoms with van der Waals surface area (Å²) in [5, 5.41) is 8.35. The molecule has 1 unspecified atom stereocenters. The first kappa shape index (κ1) is 13.9. The molecule has 0 saturated carbocycles.